The molecule has 2 aromatic heterocycles. The zero-order chi connectivity index (χ0) is 12.4. The third-order valence-electron chi connectivity index (χ3n) is 3.53. The molecule has 0 aliphatic heterocycles. The summed E-state index contributed by atoms with van der Waals surface area (Å²) in [6, 6.07) is 0. The fourth-order valence-corrected chi connectivity index (χ4v) is 2.46. The molecule has 1 aliphatic rings. The van der Waals surface area contributed by atoms with Crippen LogP contribution in [-0.2, 0) is 0 Å². The van der Waals surface area contributed by atoms with Gasteiger partial charge in [0.1, 0.15) is 18.5 Å². The molecule has 0 unspecified atom stereocenters. The molecule has 3 N–H and O–H groups in total. The summed E-state index contributed by atoms with van der Waals surface area (Å²) in [7, 11) is 0. The maximum absolute atomic E-state index is 6.33. The number of nitrogens with two attached hydrogens (primary N) is 1. The van der Waals surface area contributed by atoms with Crippen LogP contribution in [0, 0.1) is 0 Å². The van der Waals surface area contributed by atoms with E-state index in [2.05, 4.69) is 19.9 Å². The smallest absolute Gasteiger partial charge is 0.243 e. The first-order valence-electron chi connectivity index (χ1n) is 6.33. The Morgan fingerprint density at radius 3 is 2.89 bits per heavy atom. The van der Waals surface area contributed by atoms with Gasteiger partial charge in [-0.1, -0.05) is 19.3 Å². The largest absolute Gasteiger partial charge is 0.474 e. The highest BCUT2D eigenvalue weighted by Crippen LogP contribution is 2.27. The Kier molecular flexibility index (Phi) is 2.87. The van der Waals surface area contributed by atoms with Gasteiger partial charge in [-0.05, 0) is 12.8 Å². The predicted molar refractivity (Wildman–Crippen MR) is 67.2 cm³/mol. The van der Waals surface area contributed by atoms with E-state index in [0.717, 1.165) is 18.4 Å². The van der Waals surface area contributed by atoms with Gasteiger partial charge in [-0.2, -0.15) is 4.98 Å². The number of ether oxygens (including phenoxy) is 1. The second kappa shape index (κ2) is 4.53. The average molecular weight is 247 g/mol. The van der Waals surface area contributed by atoms with Crippen molar-refractivity contribution in [3.63, 3.8) is 0 Å². The lowest BCUT2D eigenvalue weighted by Crippen LogP contribution is -2.47. The number of fused-ring (bicyclic) bond motifs is 1. The van der Waals surface area contributed by atoms with E-state index in [-0.39, 0.29) is 5.54 Å². The third kappa shape index (κ3) is 2.15. The standard InChI is InChI=1S/C12H17N5O/c13-12(4-2-1-3-5-12)6-18-11-9-10(15-7-14-9)16-8-17-11/h7-8H,1-6,13H2,(H,14,15,16,17). The molecule has 1 saturated carbocycles. The highest BCUT2D eigenvalue weighted by atomic mass is 16.5. The lowest BCUT2D eigenvalue weighted by atomic mass is 9.83. The van der Waals surface area contributed by atoms with Crippen molar-refractivity contribution in [1.29, 1.82) is 0 Å². The molecule has 18 heavy (non-hydrogen) atoms. The van der Waals surface area contributed by atoms with Crippen molar-refractivity contribution in [3.8, 4) is 5.88 Å². The Morgan fingerprint density at radius 2 is 2.06 bits per heavy atom. The number of nitrogens with one attached hydrogen (secondary N) is 1. The minimum absolute atomic E-state index is 0.213. The number of aromatic amines is 1. The number of H-pyrrole nitrogens is 1. The van der Waals surface area contributed by atoms with Gasteiger partial charge in [0.2, 0.25) is 5.88 Å². The Balaban J connectivity index is 1.74. The van der Waals surface area contributed by atoms with E-state index in [4.69, 9.17) is 10.5 Å². The zero-order valence-corrected chi connectivity index (χ0v) is 10.2. The quantitative estimate of drug-likeness (QED) is 0.855. The first-order chi connectivity index (χ1) is 8.77. The number of aromatic nitrogens is 4. The third-order valence-corrected chi connectivity index (χ3v) is 3.53. The summed E-state index contributed by atoms with van der Waals surface area (Å²) in [5.41, 5.74) is 7.47. The van der Waals surface area contributed by atoms with Gasteiger partial charge in [0, 0.05) is 0 Å². The average Bonchev–Trinajstić information content (AvgIpc) is 2.86. The summed E-state index contributed by atoms with van der Waals surface area (Å²) in [5, 5.41) is 0. The van der Waals surface area contributed by atoms with Crippen molar-refractivity contribution in [2.45, 2.75) is 37.6 Å². The lowest BCUT2D eigenvalue weighted by Gasteiger charge is -2.32. The Labute approximate surface area is 105 Å². The molecule has 0 atom stereocenters. The normalized spacial score (nSPS) is 18.9. The van der Waals surface area contributed by atoms with Crippen LogP contribution in [0.25, 0.3) is 11.2 Å². The second-order valence-electron chi connectivity index (χ2n) is 4.99. The lowest BCUT2D eigenvalue weighted by molar-refractivity contribution is 0.170. The molecule has 0 bridgehead atoms. The van der Waals surface area contributed by atoms with Crippen LogP contribution in [0.4, 0.5) is 0 Å². The SMILES string of the molecule is NC1(COc2ncnc3nc[nH]c23)CCCCC1. The Bertz CT molecular complexity index is 532. The maximum Gasteiger partial charge on any atom is 0.243 e. The van der Waals surface area contributed by atoms with Crippen LogP contribution in [0.5, 0.6) is 5.88 Å². The molecule has 0 aromatic carbocycles. The van der Waals surface area contributed by atoms with E-state index in [1.807, 2.05) is 0 Å². The maximum atomic E-state index is 6.33. The fourth-order valence-electron chi connectivity index (χ4n) is 2.46. The molecule has 0 radical (unpaired) electrons. The highest BCUT2D eigenvalue weighted by Gasteiger charge is 2.28. The van der Waals surface area contributed by atoms with E-state index >= 15 is 0 Å². The number of hydrogen-bond donors (Lipinski definition) is 2. The summed E-state index contributed by atoms with van der Waals surface area (Å²) >= 11 is 0. The molecule has 96 valence electrons. The molecular weight excluding hydrogens is 230 g/mol. The number of rotatable bonds is 3. The van der Waals surface area contributed by atoms with Crippen LogP contribution in [0.2, 0.25) is 0 Å². The molecular formula is C12H17N5O. The monoisotopic (exact) mass is 247 g/mol. The summed E-state index contributed by atoms with van der Waals surface area (Å²) in [4.78, 5) is 15.2. The number of hydrogen-bond acceptors (Lipinski definition) is 5. The molecule has 0 spiro atoms. The Morgan fingerprint density at radius 1 is 1.22 bits per heavy atom. The summed E-state index contributed by atoms with van der Waals surface area (Å²) in [6.45, 7) is 0.498. The molecule has 2 heterocycles. The number of nitrogens with zero attached hydrogens (tertiary/aromatic N) is 3. The second-order valence-corrected chi connectivity index (χ2v) is 4.99. The minimum Gasteiger partial charge on any atom is -0.474 e. The van der Waals surface area contributed by atoms with E-state index in [9.17, 15) is 0 Å². The van der Waals surface area contributed by atoms with E-state index < -0.39 is 0 Å². The Hall–Kier alpha value is -1.69. The molecule has 1 fully saturated rings. The molecule has 0 amide bonds. The minimum atomic E-state index is -0.213. The highest BCUT2D eigenvalue weighted by molar-refractivity contribution is 5.74. The zero-order valence-electron chi connectivity index (χ0n) is 10.2. The summed E-state index contributed by atoms with van der Waals surface area (Å²) < 4.78 is 5.77. The van der Waals surface area contributed by atoms with Gasteiger partial charge in [-0.25, -0.2) is 9.97 Å². The van der Waals surface area contributed by atoms with Gasteiger partial charge in [0.25, 0.3) is 0 Å². The van der Waals surface area contributed by atoms with E-state index in [0.29, 0.717) is 18.1 Å². The first kappa shape index (κ1) is 11.4. The molecule has 6 heteroatoms. The van der Waals surface area contributed by atoms with Crippen LogP contribution in [0.3, 0.4) is 0 Å². The molecule has 3 rings (SSSR count). The summed E-state index contributed by atoms with van der Waals surface area (Å²) in [6.07, 6.45) is 8.73. The van der Waals surface area contributed by atoms with Gasteiger partial charge in [-0.3, -0.25) is 0 Å². The van der Waals surface area contributed by atoms with E-state index in [1.165, 1.54) is 25.6 Å². The van der Waals surface area contributed by atoms with Gasteiger partial charge in [0.05, 0.1) is 11.9 Å². The first-order valence-corrected chi connectivity index (χ1v) is 6.33. The molecule has 0 saturated heterocycles. The van der Waals surface area contributed by atoms with E-state index in [1.54, 1.807) is 6.33 Å². The molecule has 6 nitrogen and oxygen atoms in total. The van der Waals surface area contributed by atoms with Crippen molar-refractivity contribution < 1.29 is 4.74 Å². The van der Waals surface area contributed by atoms with Crippen LogP contribution < -0.4 is 10.5 Å². The van der Waals surface area contributed by atoms with Crippen LogP contribution in [0.15, 0.2) is 12.7 Å². The van der Waals surface area contributed by atoms with Crippen molar-refractivity contribution in [1.82, 2.24) is 19.9 Å². The predicted octanol–water partition coefficient (Wildman–Crippen LogP) is 1.39. The van der Waals surface area contributed by atoms with Crippen molar-refractivity contribution >= 4 is 11.2 Å². The van der Waals surface area contributed by atoms with Crippen molar-refractivity contribution in [2.75, 3.05) is 6.61 Å². The van der Waals surface area contributed by atoms with Crippen LogP contribution >= 0.6 is 0 Å². The topological polar surface area (TPSA) is 89.7 Å². The van der Waals surface area contributed by atoms with Gasteiger partial charge < -0.3 is 15.5 Å². The van der Waals surface area contributed by atoms with Crippen molar-refractivity contribution in [2.24, 2.45) is 5.73 Å². The van der Waals surface area contributed by atoms with Gasteiger partial charge in [0.15, 0.2) is 5.65 Å². The molecule has 2 aromatic rings. The van der Waals surface area contributed by atoms with Gasteiger partial charge in [-0.15, -0.1) is 0 Å². The van der Waals surface area contributed by atoms with Crippen LogP contribution in [-0.4, -0.2) is 32.1 Å². The van der Waals surface area contributed by atoms with Crippen molar-refractivity contribution in [3.05, 3.63) is 12.7 Å². The number of imidazole rings is 1. The molecule has 1 aliphatic carbocycles. The van der Waals surface area contributed by atoms with Crippen LogP contribution in [0.1, 0.15) is 32.1 Å². The summed E-state index contributed by atoms with van der Waals surface area (Å²) in [5.74, 6) is 0.535. The fraction of sp³-hybridized carbons (Fsp3) is 0.583. The van der Waals surface area contributed by atoms with Gasteiger partial charge >= 0.3 is 0 Å².